The van der Waals surface area contributed by atoms with Gasteiger partial charge in [-0.3, -0.25) is 4.79 Å². The third-order valence-corrected chi connectivity index (χ3v) is 3.76. The van der Waals surface area contributed by atoms with E-state index in [1.54, 1.807) is 12.5 Å². The molecule has 0 spiro atoms. The molecule has 2 heterocycles. The Balaban J connectivity index is 1.85. The Hall–Kier alpha value is -1.62. The lowest BCUT2D eigenvalue weighted by molar-refractivity contribution is 0.0956. The van der Waals surface area contributed by atoms with Crippen LogP contribution in [0.25, 0.3) is 0 Å². The predicted octanol–water partition coefficient (Wildman–Crippen LogP) is 1.99. The third kappa shape index (κ3) is 2.94. The van der Waals surface area contributed by atoms with Crippen LogP contribution < -0.4 is 5.32 Å². The molecule has 0 aliphatic rings. The van der Waals surface area contributed by atoms with Crippen molar-refractivity contribution in [2.24, 2.45) is 0 Å². The van der Waals surface area contributed by atoms with E-state index in [0.717, 1.165) is 11.4 Å². The second-order valence-electron chi connectivity index (χ2n) is 3.91. The van der Waals surface area contributed by atoms with E-state index in [0.29, 0.717) is 6.54 Å². The molecule has 17 heavy (non-hydrogen) atoms. The fourth-order valence-corrected chi connectivity index (χ4v) is 2.44. The third-order valence-electron chi connectivity index (χ3n) is 2.60. The molecule has 0 aliphatic heterocycles. The van der Waals surface area contributed by atoms with E-state index in [9.17, 15) is 4.79 Å². The number of nitrogens with one attached hydrogen (secondary N) is 1. The van der Waals surface area contributed by atoms with Crippen LogP contribution in [0.3, 0.4) is 0 Å². The fourth-order valence-electron chi connectivity index (χ4n) is 1.49. The Kier molecular flexibility index (Phi) is 3.58. The highest BCUT2D eigenvalue weighted by Crippen LogP contribution is 2.20. The van der Waals surface area contributed by atoms with Crippen LogP contribution in [0.5, 0.6) is 0 Å². The molecule has 0 unspecified atom stereocenters. The van der Waals surface area contributed by atoms with Crippen LogP contribution in [0.2, 0.25) is 0 Å². The maximum atomic E-state index is 11.8. The zero-order valence-corrected chi connectivity index (χ0v) is 10.8. The second kappa shape index (κ2) is 5.14. The van der Waals surface area contributed by atoms with Gasteiger partial charge in [0, 0.05) is 30.4 Å². The molecule has 0 saturated heterocycles. The van der Waals surface area contributed by atoms with Crippen molar-refractivity contribution >= 4 is 17.2 Å². The number of rotatable bonds is 4. The molecule has 4 nitrogen and oxygen atoms in total. The van der Waals surface area contributed by atoms with Crippen molar-refractivity contribution in [2.45, 2.75) is 20.4 Å². The molecule has 1 amide bonds. The Labute approximate surface area is 104 Å². The van der Waals surface area contributed by atoms with Crippen LogP contribution in [0.4, 0.5) is 0 Å². The zero-order chi connectivity index (χ0) is 12.3. The van der Waals surface area contributed by atoms with Gasteiger partial charge in [0.2, 0.25) is 0 Å². The lowest BCUT2D eigenvalue weighted by Crippen LogP contribution is -2.26. The number of hydrogen-bond donors (Lipinski definition) is 1. The minimum Gasteiger partial charge on any atom is -0.350 e. The maximum absolute atomic E-state index is 11.8. The molecule has 0 saturated carbocycles. The van der Waals surface area contributed by atoms with Crippen LogP contribution in [0.15, 0.2) is 24.8 Å². The van der Waals surface area contributed by atoms with Crippen LogP contribution >= 0.6 is 11.3 Å². The largest absolute Gasteiger partial charge is 0.350 e. The Morgan fingerprint density at radius 2 is 2.35 bits per heavy atom. The highest BCUT2D eigenvalue weighted by molar-refractivity contribution is 7.14. The average Bonchev–Trinajstić information content (AvgIpc) is 2.90. The smallest absolute Gasteiger partial charge is 0.261 e. The van der Waals surface area contributed by atoms with E-state index >= 15 is 0 Å². The molecule has 1 N–H and O–H groups in total. The van der Waals surface area contributed by atoms with Crippen LogP contribution in [0, 0.1) is 13.8 Å². The number of aromatic nitrogens is 2. The monoisotopic (exact) mass is 249 g/mol. The van der Waals surface area contributed by atoms with Gasteiger partial charge in [0.1, 0.15) is 0 Å². The number of thiophene rings is 1. The van der Waals surface area contributed by atoms with Crippen LogP contribution in [-0.4, -0.2) is 22.0 Å². The summed E-state index contributed by atoms with van der Waals surface area (Å²) in [5, 5.41) is 2.90. The molecule has 0 fully saturated rings. The molecule has 2 aromatic rings. The number of carbonyl (C=O) groups excluding carboxylic acids is 1. The summed E-state index contributed by atoms with van der Waals surface area (Å²) in [7, 11) is 0. The van der Waals surface area contributed by atoms with Crippen molar-refractivity contribution in [3.63, 3.8) is 0 Å². The number of aryl methyl sites for hydroxylation is 2. The van der Waals surface area contributed by atoms with Gasteiger partial charge >= 0.3 is 0 Å². The van der Waals surface area contributed by atoms with Crippen molar-refractivity contribution in [1.82, 2.24) is 14.9 Å². The van der Waals surface area contributed by atoms with Gasteiger partial charge in [0.25, 0.3) is 5.91 Å². The van der Waals surface area contributed by atoms with Gasteiger partial charge in [-0.05, 0) is 25.5 Å². The minimum absolute atomic E-state index is 0.00585. The molecule has 5 heteroatoms. The molecule has 90 valence electrons. The standard InChI is InChI=1S/C12H15N3OS/c1-9-7-11(17-10(9)2)12(16)14-4-6-15-5-3-13-8-15/h3,5,7-8H,4,6H2,1-2H3,(H,14,16). The topological polar surface area (TPSA) is 46.9 Å². The first-order valence-corrected chi connectivity index (χ1v) is 6.29. The molecule has 0 aromatic carbocycles. The molecular formula is C12H15N3OS. The lowest BCUT2D eigenvalue weighted by atomic mass is 10.3. The number of carbonyl (C=O) groups is 1. The Bertz CT molecular complexity index is 482. The summed E-state index contributed by atoms with van der Waals surface area (Å²) >= 11 is 1.54. The Morgan fingerprint density at radius 3 is 2.94 bits per heavy atom. The SMILES string of the molecule is Cc1cc(C(=O)NCCn2ccnc2)sc1C. The van der Waals surface area contributed by atoms with Crippen LogP contribution in [0.1, 0.15) is 20.1 Å². The molecule has 2 rings (SSSR count). The number of imidazole rings is 1. The Morgan fingerprint density at radius 1 is 1.53 bits per heavy atom. The van der Waals surface area contributed by atoms with Gasteiger partial charge in [-0.2, -0.15) is 0 Å². The van der Waals surface area contributed by atoms with Crippen molar-refractivity contribution in [2.75, 3.05) is 6.54 Å². The van der Waals surface area contributed by atoms with Crippen LogP contribution in [-0.2, 0) is 6.54 Å². The highest BCUT2D eigenvalue weighted by atomic mass is 32.1. The van der Waals surface area contributed by atoms with E-state index in [1.807, 2.05) is 30.7 Å². The first-order valence-electron chi connectivity index (χ1n) is 5.48. The highest BCUT2D eigenvalue weighted by Gasteiger charge is 2.09. The van der Waals surface area contributed by atoms with Gasteiger partial charge < -0.3 is 9.88 Å². The molecule has 2 aromatic heterocycles. The molecule has 0 bridgehead atoms. The first-order chi connectivity index (χ1) is 8.16. The first kappa shape index (κ1) is 11.9. The summed E-state index contributed by atoms with van der Waals surface area (Å²) in [6, 6.07) is 1.94. The summed E-state index contributed by atoms with van der Waals surface area (Å²) in [4.78, 5) is 17.7. The summed E-state index contributed by atoms with van der Waals surface area (Å²) < 4.78 is 1.94. The van der Waals surface area contributed by atoms with Gasteiger partial charge in [0.15, 0.2) is 0 Å². The number of nitrogens with zero attached hydrogens (tertiary/aromatic N) is 2. The number of hydrogen-bond acceptors (Lipinski definition) is 3. The van der Waals surface area contributed by atoms with E-state index in [4.69, 9.17) is 0 Å². The van der Waals surface area contributed by atoms with E-state index in [2.05, 4.69) is 10.3 Å². The van der Waals surface area contributed by atoms with E-state index < -0.39 is 0 Å². The second-order valence-corrected chi connectivity index (χ2v) is 5.16. The fraction of sp³-hybridized carbons (Fsp3) is 0.333. The summed E-state index contributed by atoms with van der Waals surface area (Å²) in [6.07, 6.45) is 5.35. The van der Waals surface area contributed by atoms with Gasteiger partial charge in [0.05, 0.1) is 11.2 Å². The van der Waals surface area contributed by atoms with Crippen molar-refractivity contribution in [3.05, 3.63) is 40.1 Å². The normalized spacial score (nSPS) is 10.5. The maximum Gasteiger partial charge on any atom is 0.261 e. The van der Waals surface area contributed by atoms with Crippen molar-refractivity contribution in [3.8, 4) is 0 Å². The minimum atomic E-state index is 0.00585. The van der Waals surface area contributed by atoms with Gasteiger partial charge in [-0.1, -0.05) is 0 Å². The average molecular weight is 249 g/mol. The zero-order valence-electron chi connectivity index (χ0n) is 9.93. The van der Waals surface area contributed by atoms with Gasteiger partial charge in [-0.15, -0.1) is 11.3 Å². The number of amides is 1. The summed E-state index contributed by atoms with van der Waals surface area (Å²) in [6.45, 7) is 5.41. The van der Waals surface area contributed by atoms with Crippen molar-refractivity contribution < 1.29 is 4.79 Å². The lowest BCUT2D eigenvalue weighted by Gasteiger charge is -2.03. The van der Waals surface area contributed by atoms with E-state index in [1.165, 1.54) is 21.8 Å². The van der Waals surface area contributed by atoms with Gasteiger partial charge in [-0.25, -0.2) is 4.98 Å². The molecule has 0 radical (unpaired) electrons. The quantitative estimate of drug-likeness (QED) is 0.900. The molecule has 0 atom stereocenters. The summed E-state index contributed by atoms with van der Waals surface area (Å²) in [5.74, 6) is 0.00585. The predicted molar refractivity (Wildman–Crippen MR) is 68.4 cm³/mol. The molecule has 0 aliphatic carbocycles. The molecular weight excluding hydrogens is 234 g/mol. The van der Waals surface area contributed by atoms with E-state index in [-0.39, 0.29) is 5.91 Å². The summed E-state index contributed by atoms with van der Waals surface area (Å²) in [5.41, 5.74) is 1.18. The van der Waals surface area contributed by atoms with Crippen molar-refractivity contribution in [1.29, 1.82) is 0 Å².